The summed E-state index contributed by atoms with van der Waals surface area (Å²) in [5.74, 6) is -1.21. The molecule has 0 aliphatic carbocycles. The highest BCUT2D eigenvalue weighted by atomic mass is 16.6. The maximum atomic E-state index is 10.4. The van der Waals surface area contributed by atoms with E-state index in [1.807, 2.05) is 12.1 Å². The van der Waals surface area contributed by atoms with Gasteiger partial charge in [-0.05, 0) is 11.5 Å². The third-order valence-corrected chi connectivity index (χ3v) is 5.31. The minimum absolute atomic E-state index is 0.447. The van der Waals surface area contributed by atoms with Crippen molar-refractivity contribution in [2.24, 2.45) is 0 Å². The maximum absolute atomic E-state index is 10.4. The minimum Gasteiger partial charge on any atom is -0.497 e. The van der Waals surface area contributed by atoms with Gasteiger partial charge in [-0.15, -0.1) is 0 Å². The lowest BCUT2D eigenvalue weighted by molar-refractivity contribution is -0.404. The molecule has 0 bridgehead atoms. The molecule has 1 heterocycles. The summed E-state index contributed by atoms with van der Waals surface area (Å²) in [5.41, 5.74) is 0.261. The van der Waals surface area contributed by atoms with Crippen LogP contribution in [0.1, 0.15) is 0 Å². The van der Waals surface area contributed by atoms with E-state index in [0.717, 1.165) is 16.8 Å². The van der Waals surface area contributed by atoms with Crippen molar-refractivity contribution >= 4 is 38.7 Å². The van der Waals surface area contributed by atoms with E-state index < -0.39 is 37.6 Å². The Balaban J connectivity index is 0.000000175. The number of rotatable bonds is 4. The molecule has 4 aromatic carbocycles. The molecule has 0 aliphatic heterocycles. The molecular weight excluding hydrogens is 468 g/mol. The monoisotopic (exact) mass is 484 g/mol. The van der Waals surface area contributed by atoms with Gasteiger partial charge in [0.1, 0.15) is 0 Å². The van der Waals surface area contributed by atoms with Crippen molar-refractivity contribution in [3.05, 3.63) is 121 Å². The van der Waals surface area contributed by atoms with Gasteiger partial charge in [0.2, 0.25) is 0 Å². The Labute approximate surface area is 202 Å². The zero-order chi connectivity index (χ0) is 25.8. The Kier molecular flexibility index (Phi) is 6.46. The van der Waals surface area contributed by atoms with Crippen LogP contribution in [0, 0.1) is 30.3 Å². The number of aromatic hydroxyl groups is 1. The summed E-state index contributed by atoms with van der Waals surface area (Å²) in [5, 5.41) is 43.9. The predicted octanol–water partition coefficient (Wildman–Crippen LogP) is 6.17. The van der Waals surface area contributed by atoms with Crippen molar-refractivity contribution in [2.45, 2.75) is 0 Å². The first-order valence-electron chi connectivity index (χ1n) is 10.4. The number of hydrogen-bond donors (Lipinski definition) is 1. The molecule has 5 rings (SSSR count). The number of non-ortho nitro benzene ring substituents is 1. The van der Waals surface area contributed by atoms with Crippen molar-refractivity contribution < 1.29 is 19.9 Å². The summed E-state index contributed by atoms with van der Waals surface area (Å²) >= 11 is 0. The number of nitro groups is 3. The summed E-state index contributed by atoms with van der Waals surface area (Å²) in [6, 6.07) is 28.1. The Morgan fingerprint density at radius 3 is 1.67 bits per heavy atom. The van der Waals surface area contributed by atoms with Crippen LogP contribution in [0.25, 0.3) is 32.9 Å². The molecule has 0 aliphatic rings. The molecule has 0 saturated carbocycles. The van der Waals surface area contributed by atoms with E-state index in [1.165, 1.54) is 16.2 Å². The first-order chi connectivity index (χ1) is 17.3. The Morgan fingerprint density at radius 2 is 1.11 bits per heavy atom. The molecule has 0 fully saturated rings. The molecule has 0 saturated heterocycles. The van der Waals surface area contributed by atoms with E-state index in [0.29, 0.717) is 12.1 Å². The van der Waals surface area contributed by atoms with Gasteiger partial charge in [0.05, 0.1) is 38.1 Å². The molecule has 0 unspecified atom stereocenters. The predicted molar refractivity (Wildman–Crippen MR) is 133 cm³/mol. The van der Waals surface area contributed by atoms with Crippen LogP contribution in [0.15, 0.2) is 91.0 Å². The normalized spacial score (nSPS) is 10.4. The van der Waals surface area contributed by atoms with Gasteiger partial charge in [0.15, 0.2) is 0 Å². The van der Waals surface area contributed by atoms with Crippen LogP contribution in [-0.4, -0.2) is 24.9 Å². The van der Waals surface area contributed by atoms with E-state index in [2.05, 4.69) is 66.7 Å². The summed E-state index contributed by atoms with van der Waals surface area (Å²) in [7, 11) is 0. The molecule has 5 aromatic rings. The molecular formula is C25H16N4O7. The summed E-state index contributed by atoms with van der Waals surface area (Å²) in [6.45, 7) is 0. The zero-order valence-electron chi connectivity index (χ0n) is 18.3. The molecule has 0 radical (unpaired) electrons. The van der Waals surface area contributed by atoms with E-state index in [9.17, 15) is 30.3 Å². The number of fused-ring (bicyclic) bond motifs is 3. The number of nitro benzene ring substituents is 3. The fourth-order valence-electron chi connectivity index (χ4n) is 3.69. The molecule has 36 heavy (non-hydrogen) atoms. The number of pyridine rings is 1. The highest BCUT2D eigenvalue weighted by Gasteiger charge is 2.30. The van der Waals surface area contributed by atoms with Crippen molar-refractivity contribution in [2.75, 3.05) is 0 Å². The largest absolute Gasteiger partial charge is 0.497 e. The number of nitrogens with zero attached hydrogens (tertiary/aromatic N) is 4. The van der Waals surface area contributed by atoms with Gasteiger partial charge in [0.25, 0.3) is 11.4 Å². The van der Waals surface area contributed by atoms with Crippen molar-refractivity contribution in [1.82, 2.24) is 4.98 Å². The quantitative estimate of drug-likeness (QED) is 0.180. The van der Waals surface area contributed by atoms with Crippen molar-refractivity contribution in [3.8, 4) is 17.0 Å². The highest BCUT2D eigenvalue weighted by Crippen LogP contribution is 2.39. The number of benzene rings is 4. The smallest absolute Gasteiger partial charge is 0.324 e. The van der Waals surface area contributed by atoms with Gasteiger partial charge in [-0.2, -0.15) is 0 Å². The molecule has 0 amide bonds. The zero-order valence-corrected chi connectivity index (χ0v) is 18.3. The second-order valence-electron chi connectivity index (χ2n) is 7.49. The average Bonchev–Trinajstić information content (AvgIpc) is 2.88. The number of hydrogen-bond acceptors (Lipinski definition) is 8. The van der Waals surface area contributed by atoms with E-state index in [-0.39, 0.29) is 0 Å². The lowest BCUT2D eigenvalue weighted by Gasteiger charge is -2.09. The van der Waals surface area contributed by atoms with E-state index in [1.54, 1.807) is 0 Å². The molecule has 1 N–H and O–H groups in total. The number of phenols is 1. The Hall–Kier alpha value is -5.45. The molecule has 178 valence electrons. The van der Waals surface area contributed by atoms with E-state index in [4.69, 9.17) is 10.1 Å². The third-order valence-electron chi connectivity index (χ3n) is 5.31. The van der Waals surface area contributed by atoms with Crippen LogP contribution in [0.4, 0.5) is 17.1 Å². The molecule has 1 aromatic heterocycles. The highest BCUT2D eigenvalue weighted by molar-refractivity contribution is 6.10. The van der Waals surface area contributed by atoms with Gasteiger partial charge in [-0.3, -0.25) is 30.3 Å². The van der Waals surface area contributed by atoms with Crippen LogP contribution in [0.2, 0.25) is 0 Å². The first-order valence-corrected chi connectivity index (χ1v) is 10.4. The molecule has 11 heteroatoms. The minimum atomic E-state index is -1.21. The van der Waals surface area contributed by atoms with Gasteiger partial charge in [0, 0.05) is 16.3 Å². The van der Waals surface area contributed by atoms with Crippen LogP contribution in [-0.2, 0) is 0 Å². The van der Waals surface area contributed by atoms with Crippen LogP contribution in [0.5, 0.6) is 5.75 Å². The lowest BCUT2D eigenvalue weighted by Crippen LogP contribution is -1.97. The number of phenolic OH excluding ortho intramolecular Hbond substituents is 1. The first kappa shape index (κ1) is 23.7. The fourth-order valence-corrected chi connectivity index (χ4v) is 3.69. The van der Waals surface area contributed by atoms with Crippen molar-refractivity contribution in [1.29, 1.82) is 0 Å². The average molecular weight is 484 g/mol. The van der Waals surface area contributed by atoms with Gasteiger partial charge < -0.3 is 5.11 Å². The molecule has 11 nitrogen and oxygen atoms in total. The lowest BCUT2D eigenvalue weighted by atomic mass is 10.0. The SMILES string of the molecule is O=[N+]([O-])c1cc([N+](=O)[O-])c(O)c([N+](=O)[O-])c1.c1ccc(-c2nc3ccccc3c3ccccc23)cc1. The van der Waals surface area contributed by atoms with Gasteiger partial charge in [-0.1, -0.05) is 72.8 Å². The Morgan fingerprint density at radius 1 is 0.611 bits per heavy atom. The van der Waals surface area contributed by atoms with E-state index >= 15 is 0 Å². The van der Waals surface area contributed by atoms with Crippen LogP contribution >= 0.6 is 0 Å². The molecule has 0 atom stereocenters. The Bertz CT molecular complexity index is 1600. The third kappa shape index (κ3) is 4.61. The maximum Gasteiger partial charge on any atom is 0.324 e. The summed E-state index contributed by atoms with van der Waals surface area (Å²) < 4.78 is 0. The van der Waals surface area contributed by atoms with Gasteiger partial charge in [-0.25, -0.2) is 4.98 Å². The number of aromatic nitrogens is 1. The second kappa shape index (κ2) is 9.81. The standard InChI is InChI=1S/C19H13N.C6H3N3O7/c1-2-8-14(9-3-1)19-17-12-5-4-10-15(17)16-11-6-7-13-18(16)20-19;10-6-4(8(13)14)1-3(7(11)12)2-5(6)9(15)16/h1-13H;1-2,10H. The second-order valence-corrected chi connectivity index (χ2v) is 7.49. The summed E-state index contributed by atoms with van der Waals surface area (Å²) in [6.07, 6.45) is 0. The van der Waals surface area contributed by atoms with Crippen LogP contribution < -0.4 is 0 Å². The molecule has 0 spiro atoms. The van der Waals surface area contributed by atoms with Crippen LogP contribution in [0.3, 0.4) is 0 Å². The number of para-hydroxylation sites is 1. The topological polar surface area (TPSA) is 163 Å². The van der Waals surface area contributed by atoms with Gasteiger partial charge >= 0.3 is 11.4 Å². The fraction of sp³-hybridized carbons (Fsp3) is 0. The van der Waals surface area contributed by atoms with Crippen molar-refractivity contribution in [3.63, 3.8) is 0 Å². The summed E-state index contributed by atoms with van der Waals surface area (Å²) in [4.78, 5) is 32.6.